The molecule has 0 radical (unpaired) electrons. The standard InChI is InChI=1S/C16H20ClN3S/c1-4-9-18-16-11(2)12(3)19-15(20-16)10-21-14-8-6-5-7-13(14)17/h5-8H,4,9-10H2,1-3H3,(H,18,19,20). The number of thioether (sulfide) groups is 1. The Bertz CT molecular complexity index is 616. The summed E-state index contributed by atoms with van der Waals surface area (Å²) in [6.07, 6.45) is 1.08. The Labute approximate surface area is 135 Å². The first-order valence-electron chi connectivity index (χ1n) is 7.07. The van der Waals surface area contributed by atoms with Crippen LogP contribution in [0.1, 0.15) is 30.4 Å². The molecule has 0 amide bonds. The number of anilines is 1. The van der Waals surface area contributed by atoms with E-state index in [1.807, 2.05) is 31.2 Å². The maximum Gasteiger partial charge on any atom is 0.141 e. The van der Waals surface area contributed by atoms with Crippen molar-refractivity contribution in [2.24, 2.45) is 0 Å². The second-order valence-corrected chi connectivity index (χ2v) is 6.27. The Balaban J connectivity index is 2.13. The molecule has 0 saturated carbocycles. The molecule has 0 unspecified atom stereocenters. The lowest BCUT2D eigenvalue weighted by Gasteiger charge is -2.12. The fraction of sp³-hybridized carbons (Fsp3) is 0.375. The van der Waals surface area contributed by atoms with E-state index in [1.165, 1.54) is 0 Å². The van der Waals surface area contributed by atoms with E-state index >= 15 is 0 Å². The molecule has 0 bridgehead atoms. The van der Waals surface area contributed by atoms with E-state index in [0.717, 1.165) is 45.8 Å². The zero-order valence-corrected chi connectivity index (χ0v) is 14.2. The second kappa shape index (κ2) is 7.66. The number of hydrogen-bond acceptors (Lipinski definition) is 4. The molecule has 0 atom stereocenters. The summed E-state index contributed by atoms with van der Waals surface area (Å²) in [4.78, 5) is 10.3. The first kappa shape index (κ1) is 16.1. The zero-order valence-electron chi connectivity index (χ0n) is 12.6. The number of hydrogen-bond donors (Lipinski definition) is 1. The molecule has 1 aromatic heterocycles. The molecule has 1 aromatic carbocycles. The molecule has 2 rings (SSSR count). The third-order valence-corrected chi connectivity index (χ3v) is 4.68. The maximum atomic E-state index is 6.17. The Morgan fingerprint density at radius 2 is 1.95 bits per heavy atom. The predicted molar refractivity (Wildman–Crippen MR) is 91.3 cm³/mol. The molecule has 112 valence electrons. The fourth-order valence-corrected chi connectivity index (χ4v) is 2.96. The highest BCUT2D eigenvalue weighted by Gasteiger charge is 2.09. The first-order valence-corrected chi connectivity index (χ1v) is 8.43. The largest absolute Gasteiger partial charge is 0.370 e. The minimum atomic E-state index is 0.714. The molecule has 1 heterocycles. The number of halogens is 1. The van der Waals surface area contributed by atoms with E-state index in [4.69, 9.17) is 11.6 Å². The van der Waals surface area contributed by atoms with Gasteiger partial charge >= 0.3 is 0 Å². The van der Waals surface area contributed by atoms with Crippen LogP contribution in [0, 0.1) is 13.8 Å². The Morgan fingerprint density at radius 1 is 1.19 bits per heavy atom. The van der Waals surface area contributed by atoms with Gasteiger partial charge in [0.25, 0.3) is 0 Å². The van der Waals surface area contributed by atoms with Gasteiger partial charge in [-0.15, -0.1) is 11.8 Å². The SMILES string of the molecule is CCCNc1nc(CSc2ccccc2Cl)nc(C)c1C. The van der Waals surface area contributed by atoms with Gasteiger partial charge in [0, 0.05) is 22.7 Å². The summed E-state index contributed by atoms with van der Waals surface area (Å²) in [5.41, 5.74) is 2.15. The van der Waals surface area contributed by atoms with E-state index in [-0.39, 0.29) is 0 Å². The van der Waals surface area contributed by atoms with Crippen LogP contribution in [-0.2, 0) is 5.75 Å². The predicted octanol–water partition coefficient (Wildman–Crippen LogP) is 4.86. The van der Waals surface area contributed by atoms with Crippen molar-refractivity contribution in [3.8, 4) is 0 Å². The van der Waals surface area contributed by atoms with Crippen molar-refractivity contribution in [1.82, 2.24) is 9.97 Å². The van der Waals surface area contributed by atoms with Gasteiger partial charge in [-0.25, -0.2) is 9.97 Å². The zero-order chi connectivity index (χ0) is 15.2. The maximum absolute atomic E-state index is 6.17. The number of aryl methyl sites for hydroxylation is 1. The van der Waals surface area contributed by atoms with Crippen molar-refractivity contribution < 1.29 is 0 Å². The summed E-state index contributed by atoms with van der Waals surface area (Å²) in [6.45, 7) is 7.15. The van der Waals surface area contributed by atoms with Crippen LogP contribution < -0.4 is 5.32 Å². The highest BCUT2D eigenvalue weighted by Crippen LogP contribution is 2.29. The Kier molecular flexibility index (Phi) is 5.88. The van der Waals surface area contributed by atoms with Gasteiger partial charge in [-0.05, 0) is 32.4 Å². The van der Waals surface area contributed by atoms with Gasteiger partial charge < -0.3 is 5.32 Å². The smallest absolute Gasteiger partial charge is 0.141 e. The molecule has 2 aromatic rings. The number of aromatic nitrogens is 2. The van der Waals surface area contributed by atoms with E-state index in [1.54, 1.807) is 11.8 Å². The van der Waals surface area contributed by atoms with Gasteiger partial charge in [-0.2, -0.15) is 0 Å². The van der Waals surface area contributed by atoms with E-state index in [0.29, 0.717) is 5.75 Å². The summed E-state index contributed by atoms with van der Waals surface area (Å²) in [7, 11) is 0. The van der Waals surface area contributed by atoms with Crippen molar-refractivity contribution in [2.45, 2.75) is 37.8 Å². The lowest BCUT2D eigenvalue weighted by Crippen LogP contribution is -2.08. The summed E-state index contributed by atoms with van der Waals surface area (Å²) < 4.78 is 0. The second-order valence-electron chi connectivity index (χ2n) is 4.84. The quantitative estimate of drug-likeness (QED) is 0.771. The van der Waals surface area contributed by atoms with Crippen LogP contribution in [0.3, 0.4) is 0 Å². The summed E-state index contributed by atoms with van der Waals surface area (Å²) in [5, 5.41) is 4.14. The number of benzene rings is 1. The van der Waals surface area contributed by atoms with Crippen LogP contribution in [0.5, 0.6) is 0 Å². The minimum absolute atomic E-state index is 0.714. The first-order chi connectivity index (χ1) is 10.1. The van der Waals surface area contributed by atoms with Crippen LogP contribution in [0.2, 0.25) is 5.02 Å². The third kappa shape index (κ3) is 4.35. The van der Waals surface area contributed by atoms with Gasteiger partial charge in [-0.1, -0.05) is 30.7 Å². The summed E-state index contributed by atoms with van der Waals surface area (Å²) >= 11 is 7.84. The molecule has 0 saturated heterocycles. The minimum Gasteiger partial charge on any atom is -0.370 e. The number of nitrogens with one attached hydrogen (secondary N) is 1. The Morgan fingerprint density at radius 3 is 2.67 bits per heavy atom. The van der Waals surface area contributed by atoms with Crippen molar-refractivity contribution in [2.75, 3.05) is 11.9 Å². The van der Waals surface area contributed by atoms with Crippen molar-refractivity contribution in [1.29, 1.82) is 0 Å². The normalized spacial score (nSPS) is 10.7. The highest BCUT2D eigenvalue weighted by molar-refractivity contribution is 7.98. The fourth-order valence-electron chi connectivity index (χ4n) is 1.87. The average Bonchev–Trinajstić information content (AvgIpc) is 2.48. The van der Waals surface area contributed by atoms with Gasteiger partial charge in [0.15, 0.2) is 0 Å². The van der Waals surface area contributed by atoms with Crippen LogP contribution in [-0.4, -0.2) is 16.5 Å². The topological polar surface area (TPSA) is 37.8 Å². The van der Waals surface area contributed by atoms with Crippen molar-refractivity contribution >= 4 is 29.2 Å². The Hall–Kier alpha value is -1.26. The van der Waals surface area contributed by atoms with Crippen LogP contribution in [0.15, 0.2) is 29.2 Å². The van der Waals surface area contributed by atoms with Crippen LogP contribution >= 0.6 is 23.4 Å². The summed E-state index contributed by atoms with van der Waals surface area (Å²) in [6, 6.07) is 7.85. The van der Waals surface area contributed by atoms with Crippen LogP contribution in [0.25, 0.3) is 0 Å². The lowest BCUT2D eigenvalue weighted by molar-refractivity contribution is 0.928. The molecule has 21 heavy (non-hydrogen) atoms. The molecular weight excluding hydrogens is 302 g/mol. The molecule has 0 aliphatic carbocycles. The number of rotatable bonds is 6. The molecule has 0 aliphatic rings. The van der Waals surface area contributed by atoms with E-state index in [2.05, 4.69) is 29.1 Å². The molecular formula is C16H20ClN3S. The van der Waals surface area contributed by atoms with Gasteiger partial charge in [0.2, 0.25) is 0 Å². The van der Waals surface area contributed by atoms with E-state index in [9.17, 15) is 0 Å². The monoisotopic (exact) mass is 321 g/mol. The van der Waals surface area contributed by atoms with Gasteiger partial charge in [0.1, 0.15) is 11.6 Å². The molecule has 5 heteroatoms. The van der Waals surface area contributed by atoms with Crippen molar-refractivity contribution in [3.05, 3.63) is 46.4 Å². The molecule has 1 N–H and O–H groups in total. The number of nitrogens with zero attached hydrogens (tertiary/aromatic N) is 2. The molecule has 0 spiro atoms. The molecule has 0 aliphatic heterocycles. The lowest BCUT2D eigenvalue weighted by atomic mass is 10.2. The van der Waals surface area contributed by atoms with Gasteiger partial charge in [0.05, 0.1) is 10.8 Å². The van der Waals surface area contributed by atoms with E-state index < -0.39 is 0 Å². The highest BCUT2D eigenvalue weighted by atomic mass is 35.5. The molecule has 3 nitrogen and oxygen atoms in total. The van der Waals surface area contributed by atoms with Crippen LogP contribution in [0.4, 0.5) is 5.82 Å². The average molecular weight is 322 g/mol. The third-order valence-electron chi connectivity index (χ3n) is 3.17. The van der Waals surface area contributed by atoms with Crippen molar-refractivity contribution in [3.63, 3.8) is 0 Å². The molecule has 0 fully saturated rings. The summed E-state index contributed by atoms with van der Waals surface area (Å²) in [5.74, 6) is 2.49. The van der Waals surface area contributed by atoms with Gasteiger partial charge in [-0.3, -0.25) is 0 Å².